The van der Waals surface area contributed by atoms with Gasteiger partial charge in [0.15, 0.2) is 5.82 Å². The van der Waals surface area contributed by atoms with E-state index in [1.807, 2.05) is 43.6 Å². The Morgan fingerprint density at radius 3 is 2.79 bits per heavy atom. The quantitative estimate of drug-likeness (QED) is 0.344. The minimum absolute atomic E-state index is 0.129. The van der Waals surface area contributed by atoms with Crippen molar-refractivity contribution in [3.8, 4) is 0 Å². The summed E-state index contributed by atoms with van der Waals surface area (Å²) in [6, 6.07) is 14.4. The van der Waals surface area contributed by atoms with Crippen LogP contribution in [0.3, 0.4) is 0 Å². The molecule has 3 aromatic rings. The second-order valence-electron chi connectivity index (χ2n) is 6.99. The molecule has 2 heterocycles. The zero-order valence-corrected chi connectivity index (χ0v) is 16.1. The second kappa shape index (κ2) is 7.40. The average molecular weight is 372 g/mol. The van der Waals surface area contributed by atoms with E-state index in [2.05, 4.69) is 45.0 Å². The molecule has 1 saturated carbocycles. The van der Waals surface area contributed by atoms with Crippen molar-refractivity contribution >= 4 is 34.2 Å². The summed E-state index contributed by atoms with van der Waals surface area (Å²) in [6.07, 6.45) is 7.71. The Labute approximate surface area is 164 Å². The van der Waals surface area contributed by atoms with Crippen LogP contribution < -0.4 is 16.6 Å². The highest BCUT2D eigenvalue weighted by atomic mass is 15.2. The Hall–Kier alpha value is -3.25. The molecule has 0 atom stereocenters. The number of nitrogens with one attached hydrogen (secondary N) is 2. The lowest BCUT2D eigenvalue weighted by Crippen LogP contribution is -2.22. The SMILES string of the molecule is C/C=C(\C=NC)c1ccc(NN)c(NC2(c3ccc4ncccc4c3)CC2)n1. The third-order valence-electron chi connectivity index (χ3n) is 5.19. The van der Waals surface area contributed by atoms with E-state index in [0.29, 0.717) is 0 Å². The molecular weight excluding hydrogens is 348 g/mol. The van der Waals surface area contributed by atoms with E-state index in [-0.39, 0.29) is 5.54 Å². The molecule has 1 fully saturated rings. The number of nitrogens with zero attached hydrogens (tertiary/aromatic N) is 3. The van der Waals surface area contributed by atoms with Crippen LogP contribution in [0.25, 0.3) is 16.5 Å². The molecule has 1 aromatic carbocycles. The van der Waals surface area contributed by atoms with Crippen LogP contribution in [0.15, 0.2) is 59.7 Å². The smallest absolute Gasteiger partial charge is 0.152 e. The van der Waals surface area contributed by atoms with Crippen molar-refractivity contribution < 1.29 is 0 Å². The van der Waals surface area contributed by atoms with Crippen LogP contribution in [-0.2, 0) is 5.54 Å². The van der Waals surface area contributed by atoms with Gasteiger partial charge in [-0.1, -0.05) is 18.2 Å². The predicted octanol–water partition coefficient (Wildman–Crippen LogP) is 4.12. The molecule has 142 valence electrons. The summed E-state index contributed by atoms with van der Waals surface area (Å²) in [6.45, 7) is 1.98. The van der Waals surface area contributed by atoms with Crippen molar-refractivity contribution in [2.75, 3.05) is 17.8 Å². The van der Waals surface area contributed by atoms with Crippen LogP contribution in [0.2, 0.25) is 0 Å². The van der Waals surface area contributed by atoms with Gasteiger partial charge in [0.2, 0.25) is 0 Å². The van der Waals surface area contributed by atoms with Crippen LogP contribution in [-0.4, -0.2) is 23.2 Å². The number of benzene rings is 1. The summed E-state index contributed by atoms with van der Waals surface area (Å²) in [7, 11) is 1.76. The van der Waals surface area contributed by atoms with Crippen molar-refractivity contribution in [2.45, 2.75) is 25.3 Å². The van der Waals surface area contributed by atoms with E-state index in [1.165, 1.54) is 5.56 Å². The number of hydrazine groups is 1. The molecule has 1 aliphatic rings. The molecular formula is C22H24N6. The monoisotopic (exact) mass is 372 g/mol. The number of fused-ring (bicyclic) bond motifs is 1. The first-order valence-corrected chi connectivity index (χ1v) is 9.39. The zero-order valence-electron chi connectivity index (χ0n) is 16.1. The van der Waals surface area contributed by atoms with Gasteiger partial charge in [-0.05, 0) is 55.7 Å². The maximum absolute atomic E-state index is 5.74. The lowest BCUT2D eigenvalue weighted by molar-refractivity contribution is 0.802. The molecule has 6 nitrogen and oxygen atoms in total. The summed E-state index contributed by atoms with van der Waals surface area (Å²) < 4.78 is 0. The molecule has 28 heavy (non-hydrogen) atoms. The molecule has 0 amide bonds. The molecule has 6 heteroatoms. The number of allylic oxidation sites excluding steroid dienone is 2. The number of hydrogen-bond donors (Lipinski definition) is 3. The van der Waals surface area contributed by atoms with E-state index in [0.717, 1.165) is 46.5 Å². The van der Waals surface area contributed by atoms with Crippen molar-refractivity contribution in [1.29, 1.82) is 0 Å². The van der Waals surface area contributed by atoms with E-state index in [4.69, 9.17) is 10.8 Å². The van der Waals surface area contributed by atoms with Gasteiger partial charge in [-0.2, -0.15) is 0 Å². The summed E-state index contributed by atoms with van der Waals surface area (Å²) >= 11 is 0. The van der Waals surface area contributed by atoms with E-state index < -0.39 is 0 Å². The van der Waals surface area contributed by atoms with Crippen molar-refractivity contribution in [3.63, 3.8) is 0 Å². The van der Waals surface area contributed by atoms with Crippen molar-refractivity contribution in [1.82, 2.24) is 9.97 Å². The summed E-state index contributed by atoms with van der Waals surface area (Å²) in [5.74, 6) is 6.48. The van der Waals surface area contributed by atoms with Gasteiger partial charge in [0.25, 0.3) is 0 Å². The van der Waals surface area contributed by atoms with Crippen LogP contribution in [0.5, 0.6) is 0 Å². The Bertz CT molecular complexity index is 1070. The Morgan fingerprint density at radius 2 is 2.07 bits per heavy atom. The minimum atomic E-state index is -0.129. The molecule has 0 saturated heterocycles. The van der Waals surface area contributed by atoms with Crippen LogP contribution in [0.1, 0.15) is 31.0 Å². The lowest BCUT2D eigenvalue weighted by Gasteiger charge is -2.21. The van der Waals surface area contributed by atoms with Gasteiger partial charge < -0.3 is 10.7 Å². The average Bonchev–Trinajstić information content (AvgIpc) is 3.52. The topological polar surface area (TPSA) is 88.2 Å². The fraction of sp³-hybridized carbons (Fsp3) is 0.227. The Balaban J connectivity index is 1.70. The molecule has 2 aromatic heterocycles. The first-order chi connectivity index (χ1) is 13.7. The Kier molecular flexibility index (Phi) is 4.79. The van der Waals surface area contributed by atoms with Gasteiger partial charge in [-0.15, -0.1) is 0 Å². The lowest BCUT2D eigenvalue weighted by atomic mass is 10.0. The standard InChI is InChI=1S/C22H24N6/c1-3-15(14-24-2)19-8-9-20(28-23)21(26-19)27-22(10-11-22)17-6-7-18-16(13-17)5-4-12-25-18/h3-9,12-14,28H,10-11,23H2,1-2H3,(H,26,27)/b15-3+,24-14?. The maximum Gasteiger partial charge on any atom is 0.152 e. The van der Waals surface area contributed by atoms with Crippen molar-refractivity contribution in [2.24, 2.45) is 10.8 Å². The number of hydrogen-bond acceptors (Lipinski definition) is 6. The molecule has 0 unspecified atom stereocenters. The summed E-state index contributed by atoms with van der Waals surface area (Å²) in [4.78, 5) is 13.4. The van der Waals surface area contributed by atoms with Gasteiger partial charge in [0.05, 0.1) is 22.4 Å². The summed E-state index contributed by atoms with van der Waals surface area (Å²) in [5, 5.41) is 4.79. The van der Waals surface area contributed by atoms with Crippen LogP contribution >= 0.6 is 0 Å². The minimum Gasteiger partial charge on any atom is -0.359 e. The Morgan fingerprint density at radius 1 is 1.21 bits per heavy atom. The van der Waals surface area contributed by atoms with Gasteiger partial charge >= 0.3 is 0 Å². The van der Waals surface area contributed by atoms with Crippen LogP contribution in [0.4, 0.5) is 11.5 Å². The molecule has 4 N–H and O–H groups in total. The fourth-order valence-corrected chi connectivity index (χ4v) is 3.47. The van der Waals surface area contributed by atoms with Gasteiger partial charge in [0, 0.05) is 30.4 Å². The predicted molar refractivity (Wildman–Crippen MR) is 116 cm³/mol. The number of aliphatic imine (C=N–C) groups is 1. The number of nitrogens with two attached hydrogens (primary N) is 1. The zero-order chi connectivity index (χ0) is 19.6. The molecule has 0 aliphatic heterocycles. The first kappa shape index (κ1) is 18.1. The van der Waals surface area contributed by atoms with Gasteiger partial charge in [-0.25, -0.2) is 4.98 Å². The number of rotatable bonds is 6. The van der Waals surface area contributed by atoms with Gasteiger partial charge in [0.1, 0.15) is 0 Å². The number of anilines is 2. The van der Waals surface area contributed by atoms with Crippen LogP contribution in [0, 0.1) is 0 Å². The fourth-order valence-electron chi connectivity index (χ4n) is 3.47. The van der Waals surface area contributed by atoms with E-state index in [1.54, 1.807) is 7.05 Å². The second-order valence-corrected chi connectivity index (χ2v) is 6.99. The highest BCUT2D eigenvalue weighted by Gasteiger charge is 2.45. The highest BCUT2D eigenvalue weighted by molar-refractivity contribution is 6.09. The first-order valence-electron chi connectivity index (χ1n) is 9.39. The summed E-state index contributed by atoms with van der Waals surface area (Å²) in [5.41, 5.74) is 7.46. The molecule has 1 aliphatic carbocycles. The number of aromatic nitrogens is 2. The molecule has 4 rings (SSSR count). The highest BCUT2D eigenvalue weighted by Crippen LogP contribution is 2.49. The molecule has 0 bridgehead atoms. The van der Waals surface area contributed by atoms with E-state index >= 15 is 0 Å². The molecule has 0 radical (unpaired) electrons. The third-order valence-corrected chi connectivity index (χ3v) is 5.19. The number of pyridine rings is 2. The number of nitrogen functional groups attached to an aromatic ring is 1. The normalized spacial score (nSPS) is 15.8. The maximum atomic E-state index is 5.74. The van der Waals surface area contributed by atoms with Crippen molar-refractivity contribution in [3.05, 3.63) is 66.0 Å². The molecule has 0 spiro atoms. The van der Waals surface area contributed by atoms with Gasteiger partial charge in [-0.3, -0.25) is 15.8 Å². The van der Waals surface area contributed by atoms with E-state index in [9.17, 15) is 0 Å². The largest absolute Gasteiger partial charge is 0.359 e. The third kappa shape index (κ3) is 3.34.